The van der Waals surface area contributed by atoms with Gasteiger partial charge in [-0.25, -0.2) is 4.39 Å². The van der Waals surface area contributed by atoms with Crippen LogP contribution in [0, 0.1) is 5.82 Å². The van der Waals surface area contributed by atoms with Crippen LogP contribution in [0.5, 0.6) is 0 Å². The molecule has 1 aromatic heterocycles. The number of hydrogen-bond donors (Lipinski definition) is 1. The van der Waals surface area contributed by atoms with E-state index in [0.717, 1.165) is 5.56 Å². The zero-order chi connectivity index (χ0) is 10.3. The third-order valence-electron chi connectivity index (χ3n) is 2.16. The van der Waals surface area contributed by atoms with Crippen LogP contribution in [0.1, 0.15) is 25.3 Å². The summed E-state index contributed by atoms with van der Waals surface area (Å²) in [4.78, 5) is 3.79. The highest BCUT2D eigenvalue weighted by atomic mass is 19.1. The number of nitrogens with two attached hydrogens (primary N) is 1. The van der Waals surface area contributed by atoms with Crippen LogP contribution in [0.3, 0.4) is 0 Å². The fourth-order valence-corrected chi connectivity index (χ4v) is 1.47. The predicted molar refractivity (Wildman–Crippen MR) is 52.5 cm³/mol. The number of nitrogen functional groups attached to an aromatic ring is 1. The van der Waals surface area contributed by atoms with Gasteiger partial charge in [0.25, 0.3) is 6.01 Å². The zero-order valence-corrected chi connectivity index (χ0v) is 8.04. The summed E-state index contributed by atoms with van der Waals surface area (Å²) in [5.74, 6) is -0.143. The second-order valence-electron chi connectivity index (χ2n) is 3.52. The molecule has 2 N–H and O–H groups in total. The summed E-state index contributed by atoms with van der Waals surface area (Å²) in [6.45, 7) is 4.01. The molecule has 0 aliphatic rings. The van der Waals surface area contributed by atoms with Crippen molar-refractivity contribution >= 4 is 17.1 Å². The Morgan fingerprint density at radius 2 is 2.14 bits per heavy atom. The topological polar surface area (TPSA) is 52.0 Å². The van der Waals surface area contributed by atoms with Gasteiger partial charge < -0.3 is 10.2 Å². The number of nitrogens with zero attached hydrogens (tertiary/aromatic N) is 1. The van der Waals surface area contributed by atoms with Crippen LogP contribution in [0.4, 0.5) is 10.4 Å². The summed E-state index contributed by atoms with van der Waals surface area (Å²) in [7, 11) is 0. The van der Waals surface area contributed by atoms with E-state index in [1.165, 1.54) is 6.07 Å². The first kappa shape index (κ1) is 8.99. The summed E-state index contributed by atoms with van der Waals surface area (Å²) >= 11 is 0. The second kappa shape index (κ2) is 2.97. The Hall–Kier alpha value is -1.58. The standard InChI is InChI=1S/C10H11FN2O/c1-5(2)6-3-4-7(11)8-9(6)14-10(12)13-8/h3-5H,1-2H3,(H2,12,13). The Kier molecular flexibility index (Phi) is 1.91. The highest BCUT2D eigenvalue weighted by Gasteiger charge is 2.14. The molecule has 0 fully saturated rings. The first-order chi connectivity index (χ1) is 6.59. The van der Waals surface area contributed by atoms with Gasteiger partial charge in [0.1, 0.15) is 5.52 Å². The zero-order valence-electron chi connectivity index (χ0n) is 8.04. The number of anilines is 1. The van der Waals surface area contributed by atoms with Crippen LogP contribution in [0.15, 0.2) is 16.5 Å². The van der Waals surface area contributed by atoms with E-state index >= 15 is 0 Å². The van der Waals surface area contributed by atoms with Gasteiger partial charge in [-0.2, -0.15) is 4.98 Å². The first-order valence-electron chi connectivity index (χ1n) is 4.44. The molecule has 1 heterocycles. The molecular formula is C10H11FN2O. The lowest BCUT2D eigenvalue weighted by molar-refractivity contribution is 0.613. The maximum Gasteiger partial charge on any atom is 0.293 e. The molecule has 0 spiro atoms. The van der Waals surface area contributed by atoms with E-state index in [1.54, 1.807) is 6.07 Å². The van der Waals surface area contributed by atoms with Crippen molar-refractivity contribution in [2.24, 2.45) is 0 Å². The minimum atomic E-state index is -0.398. The van der Waals surface area contributed by atoms with Gasteiger partial charge in [0, 0.05) is 0 Å². The SMILES string of the molecule is CC(C)c1ccc(F)c2nc(N)oc12. The quantitative estimate of drug-likeness (QED) is 0.759. The van der Waals surface area contributed by atoms with Gasteiger partial charge in [0.15, 0.2) is 11.4 Å². The van der Waals surface area contributed by atoms with Crippen LogP contribution >= 0.6 is 0 Å². The Morgan fingerprint density at radius 1 is 1.43 bits per heavy atom. The number of aromatic nitrogens is 1. The van der Waals surface area contributed by atoms with Crippen LogP contribution < -0.4 is 5.73 Å². The monoisotopic (exact) mass is 194 g/mol. The van der Waals surface area contributed by atoms with Crippen molar-refractivity contribution < 1.29 is 8.81 Å². The van der Waals surface area contributed by atoms with Gasteiger partial charge in [-0.15, -0.1) is 0 Å². The fraction of sp³-hybridized carbons (Fsp3) is 0.300. The lowest BCUT2D eigenvalue weighted by Gasteiger charge is -2.04. The molecule has 0 radical (unpaired) electrons. The third kappa shape index (κ3) is 1.23. The van der Waals surface area contributed by atoms with E-state index in [2.05, 4.69) is 4.98 Å². The molecule has 0 atom stereocenters. The van der Waals surface area contributed by atoms with E-state index < -0.39 is 5.82 Å². The second-order valence-corrected chi connectivity index (χ2v) is 3.52. The maximum atomic E-state index is 13.3. The Labute approximate surface area is 80.7 Å². The van der Waals surface area contributed by atoms with Gasteiger partial charge in [-0.3, -0.25) is 0 Å². The highest BCUT2D eigenvalue weighted by molar-refractivity contribution is 5.78. The molecule has 4 heteroatoms. The molecule has 2 aromatic rings. The molecule has 1 aromatic carbocycles. The molecule has 3 nitrogen and oxygen atoms in total. The molecule has 0 aliphatic heterocycles. The van der Waals surface area contributed by atoms with Crippen molar-refractivity contribution in [3.63, 3.8) is 0 Å². The smallest absolute Gasteiger partial charge is 0.293 e. The molecule has 0 unspecified atom stereocenters. The number of fused-ring (bicyclic) bond motifs is 1. The van der Waals surface area contributed by atoms with Crippen molar-refractivity contribution in [3.8, 4) is 0 Å². The normalized spacial score (nSPS) is 11.4. The van der Waals surface area contributed by atoms with Crippen LogP contribution in [-0.4, -0.2) is 4.98 Å². The number of halogens is 1. The van der Waals surface area contributed by atoms with Crippen LogP contribution in [-0.2, 0) is 0 Å². The molecular weight excluding hydrogens is 183 g/mol. The van der Waals surface area contributed by atoms with Gasteiger partial charge in [-0.1, -0.05) is 19.9 Å². The molecule has 74 valence electrons. The predicted octanol–water partition coefficient (Wildman–Crippen LogP) is 2.67. The summed E-state index contributed by atoms with van der Waals surface area (Å²) in [5.41, 5.74) is 6.98. The summed E-state index contributed by atoms with van der Waals surface area (Å²) < 4.78 is 18.4. The molecule has 0 saturated heterocycles. The van der Waals surface area contributed by atoms with Crippen LogP contribution in [0.25, 0.3) is 11.1 Å². The average Bonchev–Trinajstić information content (AvgIpc) is 2.47. The van der Waals surface area contributed by atoms with E-state index in [-0.39, 0.29) is 17.4 Å². The minimum Gasteiger partial charge on any atom is -0.423 e. The molecule has 0 saturated carbocycles. The number of oxazole rings is 1. The number of hydrogen-bond acceptors (Lipinski definition) is 3. The van der Waals surface area contributed by atoms with E-state index in [9.17, 15) is 4.39 Å². The number of rotatable bonds is 1. The van der Waals surface area contributed by atoms with Crippen molar-refractivity contribution in [1.29, 1.82) is 0 Å². The minimum absolute atomic E-state index is 0.00648. The van der Waals surface area contributed by atoms with Crippen molar-refractivity contribution in [2.75, 3.05) is 5.73 Å². The summed E-state index contributed by atoms with van der Waals surface area (Å²) in [5, 5.41) is 0. The average molecular weight is 194 g/mol. The fourth-order valence-electron chi connectivity index (χ4n) is 1.47. The summed E-state index contributed by atoms with van der Waals surface area (Å²) in [6.07, 6.45) is 0. The largest absolute Gasteiger partial charge is 0.423 e. The van der Waals surface area contributed by atoms with Crippen molar-refractivity contribution in [1.82, 2.24) is 4.98 Å². The van der Waals surface area contributed by atoms with E-state index in [4.69, 9.17) is 10.2 Å². The molecule has 2 rings (SSSR count). The third-order valence-corrected chi connectivity index (χ3v) is 2.16. The van der Waals surface area contributed by atoms with Crippen LogP contribution in [0.2, 0.25) is 0 Å². The highest BCUT2D eigenvalue weighted by Crippen LogP contribution is 2.28. The summed E-state index contributed by atoms with van der Waals surface area (Å²) in [6, 6.07) is 3.10. The van der Waals surface area contributed by atoms with E-state index in [1.807, 2.05) is 13.8 Å². The number of benzene rings is 1. The van der Waals surface area contributed by atoms with Gasteiger partial charge >= 0.3 is 0 Å². The van der Waals surface area contributed by atoms with Gasteiger partial charge in [-0.05, 0) is 17.5 Å². The molecule has 0 amide bonds. The first-order valence-corrected chi connectivity index (χ1v) is 4.44. The Balaban J connectivity index is 2.81. The van der Waals surface area contributed by atoms with Gasteiger partial charge in [0.05, 0.1) is 0 Å². The Bertz CT molecular complexity index is 476. The van der Waals surface area contributed by atoms with Crippen molar-refractivity contribution in [2.45, 2.75) is 19.8 Å². The Morgan fingerprint density at radius 3 is 2.79 bits per heavy atom. The van der Waals surface area contributed by atoms with Gasteiger partial charge in [0.2, 0.25) is 0 Å². The lowest BCUT2D eigenvalue weighted by atomic mass is 10.0. The molecule has 0 bridgehead atoms. The molecule has 14 heavy (non-hydrogen) atoms. The molecule has 0 aliphatic carbocycles. The van der Waals surface area contributed by atoms with Crippen molar-refractivity contribution in [3.05, 3.63) is 23.5 Å². The maximum absolute atomic E-state index is 13.3. The lowest BCUT2D eigenvalue weighted by Crippen LogP contribution is -1.89. The van der Waals surface area contributed by atoms with E-state index in [0.29, 0.717) is 5.58 Å².